The predicted molar refractivity (Wildman–Crippen MR) is 60.2 cm³/mol. The number of hydrogen-bond acceptors (Lipinski definition) is 2. The number of thioether (sulfide) groups is 1. The largest absolute Gasteiger partial charge is 0.393 e. The van der Waals surface area contributed by atoms with Gasteiger partial charge in [0.2, 0.25) is 0 Å². The SMILES string of the molecule is CCSCCCC1(C)CCC(O)C1. The average molecular weight is 202 g/mol. The molecular formula is C11H22OS. The Bertz CT molecular complexity index is 149. The summed E-state index contributed by atoms with van der Waals surface area (Å²) >= 11 is 2.03. The molecule has 0 aromatic rings. The third-order valence-corrected chi connectivity index (χ3v) is 4.07. The molecule has 0 heterocycles. The molecule has 2 unspecified atom stereocenters. The molecule has 0 saturated heterocycles. The van der Waals surface area contributed by atoms with E-state index in [0.29, 0.717) is 5.41 Å². The standard InChI is InChI=1S/C11H22OS/c1-3-13-8-4-6-11(2)7-5-10(12)9-11/h10,12H,3-9H2,1-2H3. The van der Waals surface area contributed by atoms with Crippen LogP contribution in [0.2, 0.25) is 0 Å². The molecular weight excluding hydrogens is 180 g/mol. The van der Waals surface area contributed by atoms with Crippen LogP contribution < -0.4 is 0 Å². The summed E-state index contributed by atoms with van der Waals surface area (Å²) in [4.78, 5) is 0. The molecule has 1 rings (SSSR count). The molecule has 1 nitrogen and oxygen atoms in total. The van der Waals surface area contributed by atoms with Gasteiger partial charge in [-0.3, -0.25) is 0 Å². The molecule has 78 valence electrons. The third-order valence-electron chi connectivity index (χ3n) is 3.08. The first kappa shape index (κ1) is 11.4. The van der Waals surface area contributed by atoms with E-state index in [2.05, 4.69) is 13.8 Å². The van der Waals surface area contributed by atoms with Gasteiger partial charge < -0.3 is 5.11 Å². The zero-order valence-corrected chi connectivity index (χ0v) is 9.70. The van der Waals surface area contributed by atoms with Gasteiger partial charge in [0, 0.05) is 0 Å². The molecule has 1 aliphatic rings. The molecule has 1 aliphatic carbocycles. The van der Waals surface area contributed by atoms with Crippen molar-refractivity contribution in [3.8, 4) is 0 Å². The van der Waals surface area contributed by atoms with Crippen LogP contribution in [0.3, 0.4) is 0 Å². The van der Waals surface area contributed by atoms with E-state index in [1.165, 1.54) is 30.8 Å². The maximum absolute atomic E-state index is 9.46. The molecule has 13 heavy (non-hydrogen) atoms. The highest BCUT2D eigenvalue weighted by atomic mass is 32.2. The van der Waals surface area contributed by atoms with E-state index in [4.69, 9.17) is 0 Å². The summed E-state index contributed by atoms with van der Waals surface area (Å²) in [5.41, 5.74) is 0.452. The van der Waals surface area contributed by atoms with E-state index in [9.17, 15) is 5.11 Å². The smallest absolute Gasteiger partial charge is 0.0545 e. The Kier molecular flexibility index (Phi) is 4.60. The van der Waals surface area contributed by atoms with Crippen LogP contribution in [0, 0.1) is 5.41 Å². The first-order chi connectivity index (χ1) is 6.16. The Hall–Kier alpha value is 0.310. The van der Waals surface area contributed by atoms with E-state index in [1.54, 1.807) is 0 Å². The van der Waals surface area contributed by atoms with Crippen molar-refractivity contribution in [2.75, 3.05) is 11.5 Å². The summed E-state index contributed by atoms with van der Waals surface area (Å²) in [6, 6.07) is 0. The van der Waals surface area contributed by atoms with Crippen molar-refractivity contribution in [2.24, 2.45) is 5.41 Å². The van der Waals surface area contributed by atoms with Crippen LogP contribution in [-0.2, 0) is 0 Å². The fourth-order valence-corrected chi connectivity index (χ4v) is 2.90. The molecule has 0 radical (unpaired) electrons. The van der Waals surface area contributed by atoms with Crippen molar-refractivity contribution in [3.63, 3.8) is 0 Å². The summed E-state index contributed by atoms with van der Waals surface area (Å²) < 4.78 is 0. The average Bonchev–Trinajstić information content (AvgIpc) is 2.41. The van der Waals surface area contributed by atoms with Crippen molar-refractivity contribution >= 4 is 11.8 Å². The van der Waals surface area contributed by atoms with Gasteiger partial charge in [-0.1, -0.05) is 13.8 Å². The lowest BCUT2D eigenvalue weighted by Crippen LogP contribution is -2.13. The topological polar surface area (TPSA) is 20.2 Å². The molecule has 1 N–H and O–H groups in total. The van der Waals surface area contributed by atoms with Gasteiger partial charge in [-0.05, 0) is 49.0 Å². The Labute approximate surface area is 86.3 Å². The first-order valence-electron chi connectivity index (χ1n) is 5.42. The summed E-state index contributed by atoms with van der Waals surface area (Å²) in [7, 11) is 0. The van der Waals surface area contributed by atoms with E-state index in [-0.39, 0.29) is 6.10 Å². The summed E-state index contributed by atoms with van der Waals surface area (Å²) in [5, 5.41) is 9.46. The molecule has 0 bridgehead atoms. The molecule has 0 aromatic carbocycles. The number of aliphatic hydroxyl groups excluding tert-OH is 1. The van der Waals surface area contributed by atoms with Gasteiger partial charge in [0.15, 0.2) is 0 Å². The van der Waals surface area contributed by atoms with Crippen LogP contribution in [0.4, 0.5) is 0 Å². The summed E-state index contributed by atoms with van der Waals surface area (Å²) in [5.74, 6) is 2.53. The van der Waals surface area contributed by atoms with Crippen LogP contribution in [-0.4, -0.2) is 22.7 Å². The van der Waals surface area contributed by atoms with E-state index in [1.807, 2.05) is 11.8 Å². The quantitative estimate of drug-likeness (QED) is 0.691. The molecule has 0 aliphatic heterocycles. The van der Waals surface area contributed by atoms with Gasteiger partial charge in [0.25, 0.3) is 0 Å². The maximum Gasteiger partial charge on any atom is 0.0545 e. The minimum atomic E-state index is -0.0103. The molecule has 1 fully saturated rings. The van der Waals surface area contributed by atoms with Crippen LogP contribution in [0.15, 0.2) is 0 Å². The van der Waals surface area contributed by atoms with Crippen molar-refractivity contribution in [1.29, 1.82) is 0 Å². The predicted octanol–water partition coefficient (Wildman–Crippen LogP) is 3.07. The lowest BCUT2D eigenvalue weighted by Gasteiger charge is -2.23. The van der Waals surface area contributed by atoms with Gasteiger partial charge in [0.1, 0.15) is 0 Å². The first-order valence-corrected chi connectivity index (χ1v) is 6.57. The van der Waals surface area contributed by atoms with Crippen molar-refractivity contribution in [1.82, 2.24) is 0 Å². The minimum Gasteiger partial charge on any atom is -0.393 e. The zero-order chi connectivity index (χ0) is 9.73. The Morgan fingerprint density at radius 3 is 2.85 bits per heavy atom. The fourth-order valence-electron chi connectivity index (χ4n) is 2.26. The lowest BCUT2D eigenvalue weighted by atomic mass is 9.84. The molecule has 2 atom stereocenters. The summed E-state index contributed by atoms with van der Waals surface area (Å²) in [6.07, 6.45) is 5.90. The van der Waals surface area contributed by atoms with Crippen LogP contribution in [0.1, 0.15) is 46.0 Å². The van der Waals surface area contributed by atoms with Gasteiger partial charge in [-0.15, -0.1) is 0 Å². The highest BCUT2D eigenvalue weighted by molar-refractivity contribution is 7.99. The van der Waals surface area contributed by atoms with Crippen molar-refractivity contribution < 1.29 is 5.11 Å². The maximum atomic E-state index is 9.46. The highest BCUT2D eigenvalue weighted by Gasteiger charge is 2.33. The molecule has 0 amide bonds. The van der Waals surface area contributed by atoms with Crippen LogP contribution in [0.5, 0.6) is 0 Å². The Morgan fingerprint density at radius 1 is 1.54 bits per heavy atom. The van der Waals surface area contributed by atoms with Crippen LogP contribution in [0.25, 0.3) is 0 Å². The molecule has 0 spiro atoms. The van der Waals surface area contributed by atoms with Gasteiger partial charge in [-0.2, -0.15) is 11.8 Å². The van der Waals surface area contributed by atoms with E-state index in [0.717, 1.165) is 12.8 Å². The van der Waals surface area contributed by atoms with Gasteiger partial charge in [-0.25, -0.2) is 0 Å². The highest BCUT2D eigenvalue weighted by Crippen LogP contribution is 2.41. The second-order valence-electron chi connectivity index (χ2n) is 4.51. The summed E-state index contributed by atoms with van der Waals surface area (Å²) in [6.45, 7) is 4.55. The monoisotopic (exact) mass is 202 g/mol. The number of rotatable bonds is 5. The normalized spacial score (nSPS) is 33.9. The van der Waals surface area contributed by atoms with Crippen LogP contribution >= 0.6 is 11.8 Å². The Morgan fingerprint density at radius 2 is 2.31 bits per heavy atom. The molecule has 1 saturated carbocycles. The lowest BCUT2D eigenvalue weighted by molar-refractivity contribution is 0.160. The van der Waals surface area contributed by atoms with Gasteiger partial charge in [0.05, 0.1) is 6.10 Å². The van der Waals surface area contributed by atoms with Crippen molar-refractivity contribution in [2.45, 2.75) is 52.1 Å². The van der Waals surface area contributed by atoms with E-state index < -0.39 is 0 Å². The second-order valence-corrected chi connectivity index (χ2v) is 5.90. The van der Waals surface area contributed by atoms with E-state index >= 15 is 0 Å². The zero-order valence-electron chi connectivity index (χ0n) is 8.88. The second kappa shape index (κ2) is 5.26. The van der Waals surface area contributed by atoms with Crippen molar-refractivity contribution in [3.05, 3.63) is 0 Å². The number of aliphatic hydroxyl groups is 1. The number of hydrogen-bond donors (Lipinski definition) is 1. The molecule has 2 heteroatoms. The Balaban J connectivity index is 2.12. The van der Waals surface area contributed by atoms with Gasteiger partial charge >= 0.3 is 0 Å². The minimum absolute atomic E-state index is 0.0103. The molecule has 0 aromatic heterocycles. The fraction of sp³-hybridized carbons (Fsp3) is 1.00. The third kappa shape index (κ3) is 3.90.